The van der Waals surface area contributed by atoms with E-state index in [1.807, 2.05) is 13.8 Å². The molecule has 1 aliphatic heterocycles. The number of amides is 1. The van der Waals surface area contributed by atoms with E-state index in [0.717, 1.165) is 0 Å². The molecule has 142 valence electrons. The van der Waals surface area contributed by atoms with Crippen molar-refractivity contribution in [2.24, 2.45) is 0 Å². The summed E-state index contributed by atoms with van der Waals surface area (Å²) in [6.45, 7) is 4.13. The Bertz CT molecular complexity index is 855. The fraction of sp³-hybridized carbons (Fsp3) is 0.300. The van der Waals surface area contributed by atoms with E-state index in [4.69, 9.17) is 9.15 Å². The number of Topliss-reactive ketones (excluding diaryl/α,β-unsaturated/α-hetero) is 1. The van der Waals surface area contributed by atoms with Crippen LogP contribution in [0.5, 0.6) is 0 Å². The fourth-order valence-corrected chi connectivity index (χ4v) is 3.00. The molecule has 1 fully saturated rings. The van der Waals surface area contributed by atoms with Crippen LogP contribution in [0, 0.1) is 5.82 Å². The van der Waals surface area contributed by atoms with Crippen molar-refractivity contribution in [1.82, 2.24) is 4.90 Å². The first-order valence-electron chi connectivity index (χ1n) is 8.59. The summed E-state index contributed by atoms with van der Waals surface area (Å²) < 4.78 is 24.1. The largest absolute Gasteiger partial charge is 0.507 e. The van der Waals surface area contributed by atoms with Gasteiger partial charge in [-0.2, -0.15) is 0 Å². The zero-order chi connectivity index (χ0) is 19.6. The van der Waals surface area contributed by atoms with E-state index in [9.17, 15) is 19.1 Å². The highest BCUT2D eigenvalue weighted by molar-refractivity contribution is 6.46. The van der Waals surface area contributed by atoms with Crippen molar-refractivity contribution < 1.29 is 28.2 Å². The van der Waals surface area contributed by atoms with Crippen LogP contribution in [0.4, 0.5) is 4.39 Å². The van der Waals surface area contributed by atoms with Crippen LogP contribution >= 0.6 is 0 Å². The molecule has 27 heavy (non-hydrogen) atoms. The third kappa shape index (κ3) is 3.78. The summed E-state index contributed by atoms with van der Waals surface area (Å²) in [6.07, 6.45) is 1.40. The lowest BCUT2D eigenvalue weighted by atomic mass is 9.99. The minimum atomic E-state index is -0.874. The van der Waals surface area contributed by atoms with Gasteiger partial charge in [0.15, 0.2) is 0 Å². The normalized spacial score (nSPS) is 19.3. The fourth-order valence-electron chi connectivity index (χ4n) is 3.00. The van der Waals surface area contributed by atoms with Gasteiger partial charge in [0.25, 0.3) is 11.7 Å². The molecule has 1 aromatic heterocycles. The van der Waals surface area contributed by atoms with Gasteiger partial charge in [-0.05, 0) is 50.2 Å². The van der Waals surface area contributed by atoms with Gasteiger partial charge < -0.3 is 19.2 Å². The van der Waals surface area contributed by atoms with E-state index in [-0.39, 0.29) is 36.2 Å². The Morgan fingerprint density at radius 2 is 1.96 bits per heavy atom. The molecule has 7 heteroatoms. The molecular weight excluding hydrogens is 353 g/mol. The van der Waals surface area contributed by atoms with E-state index in [0.29, 0.717) is 5.76 Å². The highest BCUT2D eigenvalue weighted by atomic mass is 19.1. The number of ether oxygens (including phenoxy) is 1. The van der Waals surface area contributed by atoms with E-state index >= 15 is 0 Å². The van der Waals surface area contributed by atoms with Gasteiger partial charge in [-0.1, -0.05) is 0 Å². The minimum Gasteiger partial charge on any atom is -0.507 e. The Morgan fingerprint density at radius 3 is 2.56 bits per heavy atom. The monoisotopic (exact) mass is 373 g/mol. The molecule has 0 bridgehead atoms. The summed E-state index contributed by atoms with van der Waals surface area (Å²) in [7, 11) is 0. The van der Waals surface area contributed by atoms with Crippen molar-refractivity contribution in [3.05, 3.63) is 65.4 Å². The number of aliphatic hydroxyl groups is 1. The maximum Gasteiger partial charge on any atom is 0.295 e. The molecule has 0 saturated carbocycles. The summed E-state index contributed by atoms with van der Waals surface area (Å²) >= 11 is 0. The molecule has 0 spiro atoms. The number of aliphatic hydroxyl groups excluding tert-OH is 1. The van der Waals surface area contributed by atoms with Crippen LogP contribution in [0.15, 0.2) is 52.7 Å². The first-order chi connectivity index (χ1) is 12.9. The predicted molar refractivity (Wildman–Crippen MR) is 95.2 cm³/mol. The highest BCUT2D eigenvalue weighted by Gasteiger charge is 2.47. The number of benzene rings is 1. The Kier molecular flexibility index (Phi) is 5.41. The van der Waals surface area contributed by atoms with Crippen LogP contribution in [-0.4, -0.2) is 41.0 Å². The number of furan rings is 1. The number of ketones is 1. The molecule has 1 amide bonds. The molecule has 1 saturated heterocycles. The summed E-state index contributed by atoms with van der Waals surface area (Å²) in [5, 5.41) is 10.7. The lowest BCUT2D eigenvalue weighted by Crippen LogP contribution is -2.33. The zero-order valence-electron chi connectivity index (χ0n) is 15.0. The maximum absolute atomic E-state index is 13.2. The van der Waals surface area contributed by atoms with Gasteiger partial charge >= 0.3 is 0 Å². The summed E-state index contributed by atoms with van der Waals surface area (Å²) in [4.78, 5) is 26.5. The average Bonchev–Trinajstić information content (AvgIpc) is 3.24. The Morgan fingerprint density at radius 1 is 1.26 bits per heavy atom. The Balaban J connectivity index is 2.03. The van der Waals surface area contributed by atoms with Crippen molar-refractivity contribution in [1.29, 1.82) is 0 Å². The van der Waals surface area contributed by atoms with Gasteiger partial charge in [0, 0.05) is 12.1 Å². The molecule has 0 aliphatic carbocycles. The molecule has 1 aromatic carbocycles. The number of carbonyl (C=O) groups excluding carboxylic acids is 2. The number of nitrogens with zero attached hydrogens (tertiary/aromatic N) is 1. The molecule has 1 aliphatic rings. The molecule has 3 rings (SSSR count). The molecule has 0 radical (unpaired) electrons. The predicted octanol–water partition coefficient (Wildman–Crippen LogP) is 3.27. The van der Waals surface area contributed by atoms with Gasteiger partial charge in [0.2, 0.25) is 0 Å². The molecule has 2 aromatic rings. The number of carbonyl (C=O) groups is 2. The summed E-state index contributed by atoms with van der Waals surface area (Å²) in [5.41, 5.74) is 0.149. The lowest BCUT2D eigenvalue weighted by Gasteiger charge is -2.23. The molecule has 2 heterocycles. The zero-order valence-corrected chi connectivity index (χ0v) is 15.0. The molecule has 1 atom stereocenters. The number of rotatable bonds is 6. The molecule has 6 nitrogen and oxygen atoms in total. The summed E-state index contributed by atoms with van der Waals surface area (Å²) in [6, 6.07) is 7.43. The third-order valence-corrected chi connectivity index (χ3v) is 4.25. The number of hydrogen-bond donors (Lipinski definition) is 1. The van der Waals surface area contributed by atoms with E-state index in [2.05, 4.69) is 0 Å². The summed E-state index contributed by atoms with van der Waals surface area (Å²) in [5.74, 6) is -2.06. The first-order valence-corrected chi connectivity index (χ1v) is 8.59. The van der Waals surface area contributed by atoms with Gasteiger partial charge in [-0.3, -0.25) is 9.59 Å². The van der Waals surface area contributed by atoms with Crippen LogP contribution in [0.2, 0.25) is 0 Å². The lowest BCUT2D eigenvalue weighted by molar-refractivity contribution is -0.140. The van der Waals surface area contributed by atoms with Gasteiger partial charge in [-0.25, -0.2) is 4.39 Å². The van der Waals surface area contributed by atoms with Crippen LogP contribution in [0.25, 0.3) is 5.76 Å². The van der Waals surface area contributed by atoms with Crippen LogP contribution < -0.4 is 0 Å². The number of halogens is 1. The van der Waals surface area contributed by atoms with E-state index in [1.54, 1.807) is 12.1 Å². The average molecular weight is 373 g/mol. The van der Waals surface area contributed by atoms with Crippen LogP contribution in [0.1, 0.15) is 31.2 Å². The van der Waals surface area contributed by atoms with Crippen molar-refractivity contribution in [2.45, 2.75) is 26.0 Å². The topological polar surface area (TPSA) is 80.0 Å². The quantitative estimate of drug-likeness (QED) is 0.478. The minimum absolute atomic E-state index is 0.0249. The van der Waals surface area contributed by atoms with Crippen LogP contribution in [-0.2, 0) is 14.3 Å². The van der Waals surface area contributed by atoms with Crippen molar-refractivity contribution >= 4 is 17.4 Å². The Labute approximate surface area is 155 Å². The number of hydrogen-bond acceptors (Lipinski definition) is 5. The molecule has 1 N–H and O–H groups in total. The standard InChI is InChI=1S/C20H20FNO5/c1-12(2)26-11-9-22-17(15-4-3-10-27-15)16(19(24)20(22)25)18(23)13-5-7-14(21)8-6-13/h3-8,10,12,17,23H,9,11H2,1-2H3/b18-16-. The van der Waals surface area contributed by atoms with Crippen molar-refractivity contribution in [3.63, 3.8) is 0 Å². The Hall–Kier alpha value is -2.93. The van der Waals surface area contributed by atoms with E-state index in [1.165, 1.54) is 35.4 Å². The second-order valence-electron chi connectivity index (χ2n) is 6.43. The molecular formula is C20H20FNO5. The maximum atomic E-state index is 13.2. The highest BCUT2D eigenvalue weighted by Crippen LogP contribution is 2.39. The smallest absolute Gasteiger partial charge is 0.295 e. The third-order valence-electron chi connectivity index (χ3n) is 4.25. The van der Waals surface area contributed by atoms with Crippen molar-refractivity contribution in [2.75, 3.05) is 13.2 Å². The SMILES string of the molecule is CC(C)OCCN1C(=O)C(=O)/C(=C(\O)c2ccc(F)cc2)C1c1ccco1. The van der Waals surface area contributed by atoms with Gasteiger partial charge in [-0.15, -0.1) is 0 Å². The van der Waals surface area contributed by atoms with Gasteiger partial charge in [0.1, 0.15) is 23.4 Å². The second kappa shape index (κ2) is 7.75. The number of likely N-dealkylation sites (tertiary alicyclic amines) is 1. The molecule has 1 unspecified atom stereocenters. The van der Waals surface area contributed by atoms with Gasteiger partial charge in [0.05, 0.1) is 24.5 Å². The second-order valence-corrected chi connectivity index (χ2v) is 6.43. The van der Waals surface area contributed by atoms with Crippen molar-refractivity contribution in [3.8, 4) is 0 Å². The van der Waals surface area contributed by atoms with E-state index < -0.39 is 23.5 Å². The first kappa shape index (κ1) is 18.8. The van der Waals surface area contributed by atoms with Crippen LogP contribution in [0.3, 0.4) is 0 Å².